The second-order valence-electron chi connectivity index (χ2n) is 26.3. The van der Waals surface area contributed by atoms with Crippen molar-refractivity contribution in [3.8, 4) is 0 Å². The van der Waals surface area contributed by atoms with Crippen molar-refractivity contribution in [1.82, 2.24) is 0 Å². The van der Waals surface area contributed by atoms with Crippen LogP contribution in [-0.2, 0) is 65.4 Å². The number of hydrogen-bond donors (Lipinski definition) is 3. The second kappa shape index (κ2) is 73.3. The lowest BCUT2D eigenvalue weighted by Crippen LogP contribution is -2.30. The Kier molecular flexibility index (Phi) is 70.4. The molecule has 0 bridgehead atoms. The number of phosphoric ester groups is 2. The third-order valence-corrected chi connectivity index (χ3v) is 18.4. The third-order valence-electron chi connectivity index (χ3n) is 16.5. The van der Waals surface area contributed by atoms with Gasteiger partial charge in [0.1, 0.15) is 19.3 Å². The number of rotatable bonds is 74. The fourth-order valence-electron chi connectivity index (χ4n) is 10.4. The molecule has 578 valence electrons. The fourth-order valence-corrected chi connectivity index (χ4v) is 12.0. The highest BCUT2D eigenvalue weighted by molar-refractivity contribution is 7.47. The monoisotopic (exact) mass is 1450 g/mol. The number of aliphatic hydroxyl groups excluding tert-OH is 1. The largest absolute Gasteiger partial charge is 0.472 e. The Morgan fingerprint density at radius 1 is 0.290 bits per heavy atom. The molecule has 0 aromatic carbocycles. The van der Waals surface area contributed by atoms with E-state index in [9.17, 15) is 43.2 Å². The Bertz CT molecular complexity index is 2270. The normalized spacial score (nSPS) is 14.4. The van der Waals surface area contributed by atoms with Gasteiger partial charge in [-0.2, -0.15) is 0 Å². The van der Waals surface area contributed by atoms with E-state index >= 15 is 0 Å². The van der Waals surface area contributed by atoms with E-state index < -0.39 is 97.5 Å². The van der Waals surface area contributed by atoms with Gasteiger partial charge in [-0.05, 0) is 141 Å². The van der Waals surface area contributed by atoms with Crippen LogP contribution in [0.5, 0.6) is 0 Å². The summed E-state index contributed by atoms with van der Waals surface area (Å²) in [5.74, 6) is -2.26. The highest BCUT2D eigenvalue weighted by atomic mass is 31.2. The molecule has 0 radical (unpaired) electrons. The van der Waals surface area contributed by atoms with E-state index in [4.69, 9.17) is 37.0 Å². The predicted molar refractivity (Wildman–Crippen MR) is 409 cm³/mol. The summed E-state index contributed by atoms with van der Waals surface area (Å²) in [6.45, 7) is 4.74. The summed E-state index contributed by atoms with van der Waals surface area (Å²) in [6.07, 6.45) is 76.8. The van der Waals surface area contributed by atoms with Gasteiger partial charge in [-0.25, -0.2) is 9.13 Å². The van der Waals surface area contributed by atoms with Gasteiger partial charge in [0.15, 0.2) is 12.2 Å². The highest BCUT2D eigenvalue weighted by Gasteiger charge is 2.30. The first kappa shape index (κ1) is 96.0. The van der Waals surface area contributed by atoms with Crippen molar-refractivity contribution in [3.05, 3.63) is 97.2 Å². The number of allylic oxidation sites excluding steroid dienone is 16. The molecule has 0 aliphatic heterocycles. The van der Waals surface area contributed by atoms with Crippen LogP contribution in [0, 0.1) is 0 Å². The standard InChI is InChI=1S/C81H142O17P2/c1-5-9-13-17-21-25-29-33-36-37-40-43-46-50-54-58-62-66-79(84)92-72-77(98-81(86)68-64-60-56-52-48-44-39-35-31-27-23-19-15-11-7-3)74-96-100(89,90)94-70-75(82)69-93-99(87,88)95-73-76(97-80(85)67-63-59-55-51-47-41-32-28-24-20-16-12-8-4)71-91-78(83)65-61-57-53-49-45-42-38-34-30-26-22-18-14-10-6-2/h21,25-26,28,30,32-36,38-40,43,50,54,75-77,82H,5-20,22-24,27,29,31,37,41-42,44-49,51-53,55-74H2,1-4H3,(H,87,88)(H,89,90)/b25-21-,30-26-,32-28-,36-33-,38-34-,39-35-,43-40-,54-50-/t75-,76-,77-/m1/s1. The van der Waals surface area contributed by atoms with Crippen molar-refractivity contribution < 1.29 is 80.2 Å². The Morgan fingerprint density at radius 2 is 0.530 bits per heavy atom. The van der Waals surface area contributed by atoms with Crippen LogP contribution in [0.4, 0.5) is 0 Å². The first-order valence-corrected chi connectivity index (χ1v) is 42.5. The molecule has 0 saturated heterocycles. The van der Waals surface area contributed by atoms with Gasteiger partial charge in [0, 0.05) is 25.7 Å². The van der Waals surface area contributed by atoms with E-state index in [1.54, 1.807) is 0 Å². The molecule has 0 saturated carbocycles. The van der Waals surface area contributed by atoms with Gasteiger partial charge >= 0.3 is 39.5 Å². The summed E-state index contributed by atoms with van der Waals surface area (Å²) in [7, 11) is -9.97. The van der Waals surface area contributed by atoms with Crippen LogP contribution in [0.2, 0.25) is 0 Å². The molecule has 0 spiro atoms. The van der Waals surface area contributed by atoms with Gasteiger partial charge in [0.25, 0.3) is 0 Å². The van der Waals surface area contributed by atoms with Crippen LogP contribution in [0.1, 0.15) is 336 Å². The molecule has 3 N–H and O–H groups in total. The number of carbonyl (C=O) groups is 4. The minimum absolute atomic E-state index is 0.0735. The van der Waals surface area contributed by atoms with Gasteiger partial charge in [-0.3, -0.25) is 37.3 Å². The van der Waals surface area contributed by atoms with Crippen LogP contribution < -0.4 is 0 Å². The molecule has 0 rings (SSSR count). The summed E-state index contributed by atoms with van der Waals surface area (Å²) in [4.78, 5) is 72.9. The maximum Gasteiger partial charge on any atom is 0.472 e. The maximum atomic E-state index is 13.1. The first-order valence-electron chi connectivity index (χ1n) is 39.5. The number of esters is 4. The van der Waals surface area contributed by atoms with Crippen molar-refractivity contribution in [2.24, 2.45) is 0 Å². The molecule has 0 aromatic rings. The molecule has 100 heavy (non-hydrogen) atoms. The number of carbonyl (C=O) groups excluding carboxylic acids is 4. The Balaban J connectivity index is 5.41. The van der Waals surface area contributed by atoms with E-state index in [2.05, 4.69) is 113 Å². The fraction of sp³-hybridized carbons (Fsp3) is 0.753. The zero-order chi connectivity index (χ0) is 73.2. The number of ether oxygens (including phenoxy) is 4. The first-order chi connectivity index (χ1) is 48.7. The average Bonchev–Trinajstić information content (AvgIpc) is 1.06. The lowest BCUT2D eigenvalue weighted by molar-refractivity contribution is -0.161. The van der Waals surface area contributed by atoms with Crippen LogP contribution in [0.25, 0.3) is 0 Å². The third kappa shape index (κ3) is 72.3. The van der Waals surface area contributed by atoms with Gasteiger partial charge in [-0.1, -0.05) is 266 Å². The Labute approximate surface area is 607 Å². The van der Waals surface area contributed by atoms with Gasteiger partial charge in [0.2, 0.25) is 0 Å². The zero-order valence-corrected chi connectivity index (χ0v) is 64.9. The maximum absolute atomic E-state index is 13.1. The number of unbranched alkanes of at least 4 members (excludes halogenated alkanes) is 33. The van der Waals surface area contributed by atoms with E-state index in [1.165, 1.54) is 109 Å². The summed E-state index contributed by atoms with van der Waals surface area (Å²) in [6, 6.07) is 0. The lowest BCUT2D eigenvalue weighted by Gasteiger charge is -2.21. The van der Waals surface area contributed by atoms with E-state index in [-0.39, 0.29) is 25.7 Å². The van der Waals surface area contributed by atoms with Crippen molar-refractivity contribution in [3.63, 3.8) is 0 Å². The topological polar surface area (TPSA) is 237 Å². The molecule has 5 atom stereocenters. The van der Waals surface area contributed by atoms with E-state index in [0.29, 0.717) is 32.1 Å². The second-order valence-corrected chi connectivity index (χ2v) is 29.2. The molecule has 0 aliphatic rings. The van der Waals surface area contributed by atoms with Crippen LogP contribution in [0.3, 0.4) is 0 Å². The van der Waals surface area contributed by atoms with Crippen molar-refractivity contribution in [2.45, 2.75) is 354 Å². The van der Waals surface area contributed by atoms with Crippen molar-refractivity contribution in [2.75, 3.05) is 39.6 Å². The molecule has 2 unspecified atom stereocenters. The predicted octanol–water partition coefficient (Wildman–Crippen LogP) is 22.8. The molecule has 0 heterocycles. The zero-order valence-electron chi connectivity index (χ0n) is 63.1. The van der Waals surface area contributed by atoms with Crippen LogP contribution >= 0.6 is 15.6 Å². The van der Waals surface area contributed by atoms with Gasteiger partial charge in [-0.15, -0.1) is 0 Å². The molecule has 17 nitrogen and oxygen atoms in total. The Morgan fingerprint density at radius 3 is 0.890 bits per heavy atom. The van der Waals surface area contributed by atoms with Crippen molar-refractivity contribution >= 4 is 39.5 Å². The number of hydrogen-bond acceptors (Lipinski definition) is 15. The van der Waals surface area contributed by atoms with E-state index in [0.717, 1.165) is 141 Å². The van der Waals surface area contributed by atoms with Gasteiger partial charge < -0.3 is 33.8 Å². The lowest BCUT2D eigenvalue weighted by atomic mass is 10.1. The number of aliphatic hydroxyl groups is 1. The minimum atomic E-state index is -4.99. The van der Waals surface area contributed by atoms with Gasteiger partial charge in [0.05, 0.1) is 26.4 Å². The average molecular weight is 1450 g/mol. The summed E-state index contributed by atoms with van der Waals surface area (Å²) in [5.41, 5.74) is 0. The SMILES string of the molecule is CCCCC/C=C\C/C=C\C/C=C\C/C=C\CCCC(=O)OC[C@H](COP(=O)(O)OC[C@H](O)COP(=O)(O)OC[C@@H](COC(=O)CCCCCCC/C=C\C=C/CCCCCC)OC(=O)CCCCCCC/C=C\CCCCCC)OC(=O)CCCCCCC/C=C\CCCCCCCC. The van der Waals surface area contributed by atoms with E-state index in [1.807, 2.05) is 12.2 Å². The molecule has 0 aliphatic carbocycles. The summed E-state index contributed by atoms with van der Waals surface area (Å²) in [5, 5.41) is 10.6. The molecule has 0 amide bonds. The van der Waals surface area contributed by atoms with Crippen LogP contribution in [-0.4, -0.2) is 96.7 Å². The molecule has 0 aromatic heterocycles. The summed E-state index contributed by atoms with van der Waals surface area (Å²) < 4.78 is 68.5. The smallest absolute Gasteiger partial charge is 0.462 e. The molecular formula is C81H142O17P2. The summed E-state index contributed by atoms with van der Waals surface area (Å²) >= 11 is 0. The Hall–Kier alpha value is -4.02. The number of phosphoric acid groups is 2. The quantitative estimate of drug-likeness (QED) is 0.0128. The molecule has 0 fully saturated rings. The molecule has 19 heteroatoms. The molecular weight excluding hydrogens is 1310 g/mol. The minimum Gasteiger partial charge on any atom is -0.462 e. The van der Waals surface area contributed by atoms with Crippen molar-refractivity contribution in [1.29, 1.82) is 0 Å². The van der Waals surface area contributed by atoms with Crippen LogP contribution in [0.15, 0.2) is 97.2 Å². The highest BCUT2D eigenvalue weighted by Crippen LogP contribution is 2.45.